The molecule has 2 heterocycles. The number of hydrogen-bond donors (Lipinski definition) is 1. The molecule has 0 amide bonds. The van der Waals surface area contributed by atoms with Crippen LogP contribution in [-0.4, -0.2) is 35.6 Å². The van der Waals surface area contributed by atoms with Crippen LogP contribution in [0.4, 0.5) is 11.5 Å². The molecule has 1 atom stereocenters. The summed E-state index contributed by atoms with van der Waals surface area (Å²) in [5.41, 5.74) is 0.906. The number of hydrogen-bond acceptors (Lipinski definition) is 5. The zero-order chi connectivity index (χ0) is 15.4. The van der Waals surface area contributed by atoms with Crippen molar-refractivity contribution in [3.8, 4) is 0 Å². The minimum Gasteiger partial charge on any atom is -0.349 e. The van der Waals surface area contributed by atoms with Crippen LogP contribution in [0.2, 0.25) is 0 Å². The Morgan fingerprint density at radius 1 is 1.52 bits per heavy atom. The van der Waals surface area contributed by atoms with Crippen LogP contribution < -0.4 is 10.2 Å². The van der Waals surface area contributed by atoms with Gasteiger partial charge in [0.2, 0.25) is 5.82 Å². The lowest BCUT2D eigenvalue weighted by atomic mass is 10.1. The zero-order valence-electron chi connectivity index (χ0n) is 13.0. The Morgan fingerprint density at radius 3 is 2.86 bits per heavy atom. The number of nitrogens with zero attached hydrogens (tertiary/aromatic N) is 3. The number of rotatable bonds is 6. The van der Waals surface area contributed by atoms with Crippen molar-refractivity contribution in [1.29, 1.82) is 0 Å². The highest BCUT2D eigenvalue weighted by Crippen LogP contribution is 2.27. The Balaban J connectivity index is 2.29. The fourth-order valence-electron chi connectivity index (χ4n) is 2.78. The molecular weight excluding hydrogens is 268 g/mol. The van der Waals surface area contributed by atoms with Gasteiger partial charge in [0, 0.05) is 30.9 Å². The summed E-state index contributed by atoms with van der Waals surface area (Å²) in [6.07, 6.45) is 2.29. The van der Waals surface area contributed by atoms with Crippen molar-refractivity contribution in [3.63, 3.8) is 0 Å². The Labute approximate surface area is 125 Å². The molecule has 21 heavy (non-hydrogen) atoms. The van der Waals surface area contributed by atoms with Gasteiger partial charge in [0.05, 0.1) is 4.92 Å². The topological polar surface area (TPSA) is 71.3 Å². The van der Waals surface area contributed by atoms with Crippen LogP contribution >= 0.6 is 0 Å². The summed E-state index contributed by atoms with van der Waals surface area (Å²) in [5.74, 6) is 0.927. The molecular formula is C15H24N4O2. The van der Waals surface area contributed by atoms with E-state index >= 15 is 0 Å². The molecule has 0 saturated carbocycles. The molecule has 6 heteroatoms. The maximum atomic E-state index is 11.3. The second-order valence-corrected chi connectivity index (χ2v) is 6.14. The van der Waals surface area contributed by atoms with Crippen molar-refractivity contribution in [2.75, 3.05) is 24.5 Å². The molecule has 1 fully saturated rings. The Morgan fingerprint density at radius 2 is 2.29 bits per heavy atom. The van der Waals surface area contributed by atoms with Crippen LogP contribution in [-0.2, 0) is 0 Å². The lowest BCUT2D eigenvalue weighted by Gasteiger charge is -2.28. The highest BCUT2D eigenvalue weighted by Gasteiger charge is 2.25. The van der Waals surface area contributed by atoms with E-state index in [1.807, 2.05) is 6.92 Å². The average Bonchev–Trinajstić information content (AvgIpc) is 2.90. The van der Waals surface area contributed by atoms with Gasteiger partial charge in [-0.2, -0.15) is 0 Å². The van der Waals surface area contributed by atoms with E-state index < -0.39 is 0 Å². The first-order chi connectivity index (χ1) is 9.97. The molecule has 2 rings (SSSR count). The molecule has 6 nitrogen and oxygen atoms in total. The SMILES string of the molecule is Cc1ccc([N+](=O)[O-])c(N(CC(C)C)CC2CCCN2)n1. The normalized spacial score (nSPS) is 18.2. The molecule has 0 radical (unpaired) electrons. The second-order valence-electron chi connectivity index (χ2n) is 6.14. The van der Waals surface area contributed by atoms with E-state index in [4.69, 9.17) is 0 Å². The van der Waals surface area contributed by atoms with Crippen LogP contribution in [0.5, 0.6) is 0 Å². The fraction of sp³-hybridized carbons (Fsp3) is 0.667. The van der Waals surface area contributed by atoms with Crippen molar-refractivity contribution in [1.82, 2.24) is 10.3 Å². The standard InChI is InChI=1S/C15H24N4O2/c1-11(2)9-18(10-13-5-4-8-16-13)15-14(19(20)21)7-6-12(3)17-15/h6-7,11,13,16H,4-5,8-10H2,1-3H3. The van der Waals surface area contributed by atoms with Crippen molar-refractivity contribution >= 4 is 11.5 Å². The maximum Gasteiger partial charge on any atom is 0.311 e. The summed E-state index contributed by atoms with van der Waals surface area (Å²) in [6, 6.07) is 3.65. The first-order valence-corrected chi connectivity index (χ1v) is 7.57. The minimum absolute atomic E-state index is 0.0965. The largest absolute Gasteiger partial charge is 0.349 e. The van der Waals surface area contributed by atoms with Crippen LogP contribution in [0.3, 0.4) is 0 Å². The van der Waals surface area contributed by atoms with Crippen molar-refractivity contribution < 1.29 is 4.92 Å². The number of pyridine rings is 1. The van der Waals surface area contributed by atoms with Gasteiger partial charge in [-0.1, -0.05) is 13.8 Å². The van der Waals surface area contributed by atoms with E-state index in [9.17, 15) is 10.1 Å². The molecule has 1 unspecified atom stereocenters. The van der Waals surface area contributed by atoms with E-state index in [2.05, 4.69) is 29.0 Å². The lowest BCUT2D eigenvalue weighted by molar-refractivity contribution is -0.384. The number of anilines is 1. The average molecular weight is 292 g/mol. The summed E-state index contributed by atoms with van der Waals surface area (Å²) >= 11 is 0. The lowest BCUT2D eigenvalue weighted by Crippen LogP contribution is -2.40. The summed E-state index contributed by atoms with van der Waals surface area (Å²) in [4.78, 5) is 17.5. The minimum atomic E-state index is -0.336. The molecule has 1 aliphatic rings. The van der Waals surface area contributed by atoms with Gasteiger partial charge in [0.1, 0.15) is 0 Å². The van der Waals surface area contributed by atoms with Gasteiger partial charge < -0.3 is 10.2 Å². The number of nitro groups is 1. The highest BCUT2D eigenvalue weighted by molar-refractivity contribution is 5.58. The molecule has 0 aromatic carbocycles. The number of nitrogens with one attached hydrogen (secondary N) is 1. The van der Waals surface area contributed by atoms with Crippen LogP contribution in [0.25, 0.3) is 0 Å². The van der Waals surface area contributed by atoms with Crippen molar-refractivity contribution in [2.24, 2.45) is 5.92 Å². The summed E-state index contributed by atoms with van der Waals surface area (Å²) in [6.45, 7) is 8.69. The molecule has 1 aliphatic heterocycles. The fourth-order valence-corrected chi connectivity index (χ4v) is 2.78. The van der Waals surface area contributed by atoms with Crippen molar-refractivity contribution in [3.05, 3.63) is 27.9 Å². The Bertz CT molecular complexity index is 498. The molecule has 0 spiro atoms. The second kappa shape index (κ2) is 6.85. The molecule has 1 saturated heterocycles. The highest BCUT2D eigenvalue weighted by atomic mass is 16.6. The molecule has 1 aromatic rings. The smallest absolute Gasteiger partial charge is 0.311 e. The van der Waals surface area contributed by atoms with E-state index in [0.29, 0.717) is 17.8 Å². The van der Waals surface area contributed by atoms with Gasteiger partial charge in [-0.05, 0) is 38.3 Å². The Kier molecular flexibility index (Phi) is 5.12. The summed E-state index contributed by atoms with van der Waals surface area (Å²) < 4.78 is 0. The monoisotopic (exact) mass is 292 g/mol. The molecule has 116 valence electrons. The van der Waals surface area contributed by atoms with E-state index in [1.54, 1.807) is 12.1 Å². The third-order valence-corrected chi connectivity index (χ3v) is 3.68. The predicted octanol–water partition coefficient (Wildman–Crippen LogP) is 2.51. The van der Waals surface area contributed by atoms with E-state index in [-0.39, 0.29) is 10.6 Å². The van der Waals surface area contributed by atoms with Crippen LogP contribution in [0.15, 0.2) is 12.1 Å². The molecule has 0 aliphatic carbocycles. The summed E-state index contributed by atoms with van der Waals surface area (Å²) in [5, 5.41) is 14.7. The van der Waals surface area contributed by atoms with Gasteiger partial charge in [-0.25, -0.2) is 4.98 Å². The molecule has 1 aromatic heterocycles. The third kappa shape index (κ3) is 4.14. The van der Waals surface area contributed by atoms with Gasteiger partial charge in [-0.3, -0.25) is 10.1 Å². The van der Waals surface area contributed by atoms with Gasteiger partial charge >= 0.3 is 5.69 Å². The first kappa shape index (κ1) is 15.7. The van der Waals surface area contributed by atoms with Gasteiger partial charge in [0.15, 0.2) is 0 Å². The predicted molar refractivity (Wildman–Crippen MR) is 83.7 cm³/mol. The number of aromatic nitrogens is 1. The van der Waals surface area contributed by atoms with E-state index in [1.165, 1.54) is 6.42 Å². The quantitative estimate of drug-likeness (QED) is 0.644. The number of aryl methyl sites for hydroxylation is 1. The van der Waals surface area contributed by atoms with Crippen LogP contribution in [0, 0.1) is 23.0 Å². The van der Waals surface area contributed by atoms with Crippen molar-refractivity contribution in [2.45, 2.75) is 39.7 Å². The third-order valence-electron chi connectivity index (χ3n) is 3.68. The van der Waals surface area contributed by atoms with Gasteiger partial charge in [0.25, 0.3) is 0 Å². The summed E-state index contributed by atoms with van der Waals surface area (Å²) in [7, 11) is 0. The first-order valence-electron chi connectivity index (χ1n) is 7.57. The molecule has 0 bridgehead atoms. The van der Waals surface area contributed by atoms with Crippen LogP contribution in [0.1, 0.15) is 32.4 Å². The van der Waals surface area contributed by atoms with E-state index in [0.717, 1.165) is 31.7 Å². The molecule has 1 N–H and O–H groups in total. The zero-order valence-corrected chi connectivity index (χ0v) is 13.0. The Hall–Kier alpha value is -1.69. The maximum absolute atomic E-state index is 11.3. The van der Waals surface area contributed by atoms with Gasteiger partial charge in [-0.15, -0.1) is 0 Å².